The minimum absolute atomic E-state index is 0.0480. The molecule has 3 atom stereocenters. The predicted molar refractivity (Wildman–Crippen MR) is 167 cm³/mol. The van der Waals surface area contributed by atoms with E-state index < -0.39 is 75.0 Å². The number of oxime groups is 1. The molecule has 0 spiro atoms. The average Bonchev–Trinajstić information content (AvgIpc) is 3.36. The number of β-lactam (4-membered cyclic amide) rings is 1. The molecule has 3 amide bonds. The fourth-order valence-corrected chi connectivity index (χ4v) is 6.58. The van der Waals surface area contributed by atoms with E-state index in [0.29, 0.717) is 0 Å². The van der Waals surface area contributed by atoms with Gasteiger partial charge in [0, 0.05) is 11.0 Å². The van der Waals surface area contributed by atoms with E-state index in [9.17, 15) is 28.5 Å². The van der Waals surface area contributed by atoms with Gasteiger partial charge in [-0.05, 0) is 66.6 Å². The van der Waals surface area contributed by atoms with Crippen LogP contribution < -0.4 is 10.6 Å². The molecule has 1 fully saturated rings. The Morgan fingerprint density at radius 2 is 1.78 bits per heavy atom. The number of rotatable bonds is 9. The maximum absolute atomic E-state index is 13.6. The molecule has 2 aliphatic heterocycles. The van der Waals surface area contributed by atoms with Crippen molar-refractivity contribution in [3.8, 4) is 0 Å². The number of carbonyl (C=O) groups is 5. The Morgan fingerprint density at radius 1 is 1.16 bits per heavy atom. The fraction of sp³-hybridized carbons (Fsp3) is 0.577. The highest BCUT2D eigenvalue weighted by molar-refractivity contribution is 7.92. The van der Waals surface area contributed by atoms with E-state index in [2.05, 4.69) is 20.8 Å². The first-order valence-corrected chi connectivity index (χ1v) is 16.3. The van der Waals surface area contributed by atoms with E-state index in [-0.39, 0.29) is 33.7 Å². The minimum Gasteiger partial charge on any atom is -0.614 e. The quantitative estimate of drug-likeness (QED) is 0.0722. The number of nitrogens with one attached hydrogen (secondary N) is 2. The molecule has 3 heterocycles. The number of thiazole rings is 1. The van der Waals surface area contributed by atoms with Gasteiger partial charge in [0.1, 0.15) is 28.3 Å². The largest absolute Gasteiger partial charge is 0.614 e. The molecule has 1 aromatic heterocycles. The van der Waals surface area contributed by atoms with Crippen LogP contribution in [0.2, 0.25) is 0 Å². The number of nitrogens with zero attached hydrogens (tertiary/aromatic N) is 3. The summed E-state index contributed by atoms with van der Waals surface area (Å²) < 4.78 is 28.5. The van der Waals surface area contributed by atoms with Gasteiger partial charge in [0.15, 0.2) is 16.9 Å². The summed E-state index contributed by atoms with van der Waals surface area (Å²) in [6, 6.07) is -1.32. The zero-order valence-corrected chi connectivity index (χ0v) is 28.7. The van der Waals surface area contributed by atoms with E-state index in [1.165, 1.54) is 19.2 Å². The van der Waals surface area contributed by atoms with Gasteiger partial charge >= 0.3 is 26.1 Å². The second kappa shape index (κ2) is 13.6. The Kier molecular flexibility index (Phi) is 10.9. The van der Waals surface area contributed by atoms with Crippen LogP contribution in [0.15, 0.2) is 21.8 Å². The van der Waals surface area contributed by atoms with Crippen molar-refractivity contribution in [3.63, 3.8) is 0 Å². The van der Waals surface area contributed by atoms with E-state index >= 15 is 0 Å². The maximum Gasteiger partial charge on any atom is 0.413 e. The average molecular weight is 688 g/mol. The topological polar surface area (TPSA) is 198 Å². The normalized spacial score (nSPS) is 20.5. The Bertz CT molecular complexity index is 1440. The van der Waals surface area contributed by atoms with E-state index in [1.54, 1.807) is 41.5 Å². The molecule has 3 rings (SSSR count). The van der Waals surface area contributed by atoms with Crippen LogP contribution in [-0.2, 0) is 49.3 Å². The Morgan fingerprint density at radius 3 is 2.33 bits per heavy atom. The molecule has 0 aliphatic carbocycles. The molecule has 15 nitrogen and oxygen atoms in total. The second-order valence-corrected chi connectivity index (χ2v) is 15.0. The number of esters is 1. The summed E-state index contributed by atoms with van der Waals surface area (Å²) >= 11 is 5.14. The van der Waals surface area contributed by atoms with Gasteiger partial charge in [-0.2, -0.15) is 0 Å². The lowest BCUT2D eigenvalue weighted by Crippen LogP contribution is -2.75. The highest BCUT2D eigenvalue weighted by Crippen LogP contribution is 2.37. The zero-order valence-electron chi connectivity index (χ0n) is 26.3. The summed E-state index contributed by atoms with van der Waals surface area (Å²) in [5.74, 6) is -3.60. The Balaban J connectivity index is 1.92. The summed E-state index contributed by atoms with van der Waals surface area (Å²) in [6.45, 7) is 12.8. The van der Waals surface area contributed by atoms with Crippen molar-refractivity contribution >= 4 is 82.9 Å². The fourth-order valence-electron chi connectivity index (χ4n) is 3.88. The molecule has 0 radical (unpaired) electrons. The van der Waals surface area contributed by atoms with Gasteiger partial charge in [-0.25, -0.2) is 19.4 Å². The lowest BCUT2D eigenvalue weighted by Gasteiger charge is -2.49. The lowest BCUT2D eigenvalue weighted by molar-refractivity contribution is -0.179. The number of hydrogen-bond donors (Lipinski definition) is 2. The molecule has 1 unspecified atom stereocenters. The molecule has 1 saturated heterocycles. The predicted octanol–water partition coefficient (Wildman–Crippen LogP) is 1.33. The van der Waals surface area contributed by atoms with E-state index in [4.69, 9.17) is 30.6 Å². The number of carbonyl (C=O) groups excluding carboxylic acids is 5. The highest BCUT2D eigenvalue weighted by atomic mass is 35.5. The van der Waals surface area contributed by atoms with Crippen molar-refractivity contribution in [2.24, 2.45) is 5.16 Å². The third-order valence-electron chi connectivity index (χ3n) is 5.86. The first-order valence-electron chi connectivity index (χ1n) is 13.5. The van der Waals surface area contributed by atoms with Crippen LogP contribution in [0.1, 0.15) is 61.1 Å². The summed E-state index contributed by atoms with van der Waals surface area (Å²) in [5.41, 5.74) is -3.71. The molecule has 45 heavy (non-hydrogen) atoms. The molecule has 19 heteroatoms. The van der Waals surface area contributed by atoms with Crippen LogP contribution in [0.3, 0.4) is 0 Å². The van der Waals surface area contributed by atoms with Crippen LogP contribution in [0.5, 0.6) is 0 Å². The summed E-state index contributed by atoms with van der Waals surface area (Å²) in [4.78, 5) is 74.9. The van der Waals surface area contributed by atoms with Crippen molar-refractivity contribution in [2.45, 2.75) is 83.6 Å². The monoisotopic (exact) mass is 687 g/mol. The van der Waals surface area contributed by atoms with Gasteiger partial charge in [0.25, 0.3) is 11.8 Å². The maximum atomic E-state index is 13.6. The number of fused-ring (bicyclic) bond motifs is 1. The van der Waals surface area contributed by atoms with Gasteiger partial charge in [-0.1, -0.05) is 5.16 Å². The Labute approximate surface area is 273 Å². The minimum atomic E-state index is -1.73. The standard InChI is InChI=1S/C26H35BClN5O10S2/c1-24(2,3)40-21(37)26(7,8)43-32-14(13-10-44-22(29-13)31-23(38)41-25(4,5)6)17(34)30-15-18(35)33-16(20(36)42-27)12(9-28)11-45(39)19(15)33/h10,15,19H,9,11,27H2,1-8H3,(H,30,34)(H,29,31,38)/b32-14-/t15-,19-,45?/m1/s1. The van der Waals surface area contributed by atoms with Gasteiger partial charge in [-0.3, -0.25) is 19.8 Å². The number of hydrogen-bond acceptors (Lipinski definition) is 13. The Hall–Kier alpha value is -3.35. The van der Waals surface area contributed by atoms with Gasteiger partial charge in [0.05, 0.1) is 5.88 Å². The lowest BCUT2D eigenvalue weighted by atomic mass is 10.0. The van der Waals surface area contributed by atoms with Crippen molar-refractivity contribution in [3.05, 3.63) is 22.3 Å². The zero-order chi connectivity index (χ0) is 34.1. The number of aromatic nitrogens is 1. The van der Waals surface area contributed by atoms with Gasteiger partial charge in [-0.15, -0.1) is 22.9 Å². The summed E-state index contributed by atoms with van der Waals surface area (Å²) in [7, 11) is 1.13. The number of ether oxygens (including phenoxy) is 2. The SMILES string of the molecule is BOC(=O)C1=C(CCl)C[S+]([O-])[C@@H]2[C@H](NC(=O)/C(=N\OC(C)(C)C(=O)OC(C)(C)C)c3csc(NC(=O)OC(C)(C)C)n3)C(=O)N12. The van der Waals surface area contributed by atoms with E-state index in [0.717, 1.165) is 24.3 Å². The van der Waals surface area contributed by atoms with Crippen molar-refractivity contribution in [1.29, 1.82) is 0 Å². The molecular formula is C26H35BClN5O10S2. The number of halogens is 1. The number of alkyl halides is 1. The third kappa shape index (κ3) is 8.68. The van der Waals surface area contributed by atoms with Crippen LogP contribution in [0.4, 0.5) is 9.93 Å². The summed E-state index contributed by atoms with van der Waals surface area (Å²) in [6.07, 6.45) is -0.792. The first-order chi connectivity index (χ1) is 20.7. The molecule has 1 aromatic rings. The number of anilines is 1. The van der Waals surface area contributed by atoms with Crippen molar-refractivity contribution < 1.29 is 47.5 Å². The molecule has 2 aliphatic rings. The molecule has 0 aromatic carbocycles. The molecule has 0 saturated carbocycles. The van der Waals surface area contributed by atoms with Crippen molar-refractivity contribution in [2.75, 3.05) is 16.9 Å². The van der Waals surface area contributed by atoms with E-state index in [1.807, 2.05) is 0 Å². The number of amides is 3. The molecule has 246 valence electrons. The first kappa shape index (κ1) is 36.1. The van der Waals surface area contributed by atoms with Crippen molar-refractivity contribution in [1.82, 2.24) is 15.2 Å². The van der Waals surface area contributed by atoms with Gasteiger partial charge in [0.2, 0.25) is 11.0 Å². The molecule has 2 N–H and O–H groups in total. The van der Waals surface area contributed by atoms with Crippen LogP contribution in [-0.4, -0.2) is 97.9 Å². The van der Waals surface area contributed by atoms with Crippen LogP contribution in [0, 0.1) is 0 Å². The second-order valence-electron chi connectivity index (χ2n) is 12.4. The highest BCUT2D eigenvalue weighted by Gasteiger charge is 2.61. The summed E-state index contributed by atoms with van der Waals surface area (Å²) in [5, 5.41) is 9.19. The molecular weight excluding hydrogens is 653 g/mol. The molecule has 0 bridgehead atoms. The smallest absolute Gasteiger partial charge is 0.413 e. The van der Waals surface area contributed by atoms with Gasteiger partial charge < -0.3 is 28.8 Å². The third-order valence-corrected chi connectivity index (χ3v) is 8.59. The van der Waals surface area contributed by atoms with Crippen LogP contribution >= 0.6 is 22.9 Å². The van der Waals surface area contributed by atoms with Crippen LogP contribution in [0.25, 0.3) is 0 Å².